The molecule has 0 spiro atoms. The first-order chi connectivity index (χ1) is 9.10. The summed E-state index contributed by atoms with van der Waals surface area (Å²) in [6, 6.07) is 6.97. The predicted octanol–water partition coefficient (Wildman–Crippen LogP) is 2.14. The van der Waals surface area contributed by atoms with Crippen molar-refractivity contribution in [2.75, 3.05) is 13.7 Å². The first kappa shape index (κ1) is 13.1. The lowest BCUT2D eigenvalue weighted by Crippen LogP contribution is -2.11. The van der Waals surface area contributed by atoms with Gasteiger partial charge in [-0.3, -0.25) is 0 Å². The number of carbonyl (C=O) groups excluding carboxylic acids is 2. The van der Waals surface area contributed by atoms with Gasteiger partial charge in [-0.25, -0.2) is 9.59 Å². The molecule has 100 valence electrons. The summed E-state index contributed by atoms with van der Waals surface area (Å²) in [4.78, 5) is 23.6. The van der Waals surface area contributed by atoms with Gasteiger partial charge in [0.25, 0.3) is 0 Å². The molecular weight excluding hydrogens is 246 g/mol. The van der Waals surface area contributed by atoms with Gasteiger partial charge < -0.3 is 14.0 Å². The number of para-hydroxylation sites is 1. The minimum atomic E-state index is -0.429. The molecule has 1 heterocycles. The molecule has 0 amide bonds. The minimum Gasteiger partial charge on any atom is -0.465 e. The van der Waals surface area contributed by atoms with Gasteiger partial charge in [0.1, 0.15) is 5.69 Å². The van der Waals surface area contributed by atoms with Crippen LogP contribution < -0.4 is 0 Å². The summed E-state index contributed by atoms with van der Waals surface area (Å²) in [6.07, 6.45) is 0. The van der Waals surface area contributed by atoms with Gasteiger partial charge in [-0.2, -0.15) is 0 Å². The number of esters is 2. The third-order valence-corrected chi connectivity index (χ3v) is 2.95. The molecule has 0 saturated heterocycles. The van der Waals surface area contributed by atoms with Crippen molar-refractivity contribution in [3.8, 4) is 0 Å². The molecule has 2 rings (SSSR count). The minimum absolute atomic E-state index is 0.310. The Balaban J connectivity index is 2.64. The molecule has 0 saturated carbocycles. The summed E-state index contributed by atoms with van der Waals surface area (Å²) < 4.78 is 11.4. The number of fused-ring (bicyclic) bond motifs is 1. The van der Waals surface area contributed by atoms with Crippen molar-refractivity contribution in [1.82, 2.24) is 4.57 Å². The molecule has 0 unspecified atom stereocenters. The second kappa shape index (κ2) is 5.14. The molecule has 0 radical (unpaired) electrons. The number of carbonyl (C=O) groups is 2. The maximum atomic E-state index is 11.8. The van der Waals surface area contributed by atoms with Crippen molar-refractivity contribution in [3.63, 3.8) is 0 Å². The van der Waals surface area contributed by atoms with E-state index in [0.717, 1.165) is 5.39 Å². The van der Waals surface area contributed by atoms with Gasteiger partial charge in [-0.05, 0) is 19.1 Å². The van der Waals surface area contributed by atoms with Gasteiger partial charge >= 0.3 is 11.9 Å². The number of benzene rings is 1. The zero-order valence-corrected chi connectivity index (χ0v) is 11.1. The molecule has 0 aliphatic rings. The normalized spacial score (nSPS) is 10.5. The molecule has 0 aliphatic heterocycles. The third-order valence-electron chi connectivity index (χ3n) is 2.95. The highest BCUT2D eigenvalue weighted by Gasteiger charge is 2.19. The second-order valence-corrected chi connectivity index (χ2v) is 4.04. The van der Waals surface area contributed by atoms with Crippen LogP contribution in [-0.2, 0) is 16.5 Å². The Morgan fingerprint density at radius 2 is 2.00 bits per heavy atom. The number of hydrogen-bond acceptors (Lipinski definition) is 4. The van der Waals surface area contributed by atoms with E-state index in [2.05, 4.69) is 0 Å². The molecule has 19 heavy (non-hydrogen) atoms. The third kappa shape index (κ3) is 2.19. The number of ether oxygens (including phenoxy) is 2. The lowest BCUT2D eigenvalue weighted by Gasteiger charge is -2.06. The fraction of sp³-hybridized carbons (Fsp3) is 0.286. The smallest absolute Gasteiger partial charge is 0.354 e. The fourth-order valence-electron chi connectivity index (χ4n) is 2.09. The average molecular weight is 261 g/mol. The molecule has 0 fully saturated rings. The van der Waals surface area contributed by atoms with Crippen molar-refractivity contribution in [2.45, 2.75) is 6.92 Å². The first-order valence-electron chi connectivity index (χ1n) is 5.94. The van der Waals surface area contributed by atoms with Crippen molar-refractivity contribution in [1.29, 1.82) is 0 Å². The summed E-state index contributed by atoms with van der Waals surface area (Å²) in [7, 11) is 3.05. The van der Waals surface area contributed by atoms with Crippen LogP contribution in [0.1, 0.15) is 27.8 Å². The summed E-state index contributed by atoms with van der Waals surface area (Å²) in [5, 5.41) is 0.799. The Morgan fingerprint density at radius 3 is 2.63 bits per heavy atom. The van der Waals surface area contributed by atoms with E-state index in [1.54, 1.807) is 36.7 Å². The standard InChI is InChI=1S/C14H15NO4/c1-4-19-14(17)11-8-9-6-5-7-10(13(16)18-3)12(9)15(11)2/h5-8H,4H2,1-3H3. The number of nitrogens with zero attached hydrogens (tertiary/aromatic N) is 1. The largest absolute Gasteiger partial charge is 0.465 e. The Kier molecular flexibility index (Phi) is 3.55. The molecule has 0 aliphatic carbocycles. The van der Waals surface area contributed by atoms with Gasteiger partial charge in [-0.1, -0.05) is 12.1 Å². The predicted molar refractivity (Wildman–Crippen MR) is 70.2 cm³/mol. The fourth-order valence-corrected chi connectivity index (χ4v) is 2.09. The molecule has 1 aromatic heterocycles. The molecule has 2 aromatic rings. The quantitative estimate of drug-likeness (QED) is 0.794. The Labute approximate surface area is 110 Å². The maximum Gasteiger partial charge on any atom is 0.354 e. The monoisotopic (exact) mass is 261 g/mol. The van der Waals surface area contributed by atoms with Crippen molar-refractivity contribution in [2.24, 2.45) is 7.05 Å². The van der Waals surface area contributed by atoms with Crippen molar-refractivity contribution >= 4 is 22.8 Å². The zero-order chi connectivity index (χ0) is 14.0. The molecule has 1 aromatic carbocycles. The second-order valence-electron chi connectivity index (χ2n) is 4.04. The van der Waals surface area contributed by atoms with Crippen LogP contribution in [0.5, 0.6) is 0 Å². The van der Waals surface area contributed by atoms with E-state index in [1.165, 1.54) is 7.11 Å². The van der Waals surface area contributed by atoms with Crippen LogP contribution in [0, 0.1) is 0 Å². The van der Waals surface area contributed by atoms with Crippen molar-refractivity contribution < 1.29 is 19.1 Å². The summed E-state index contributed by atoms with van der Waals surface area (Å²) in [5.74, 6) is -0.834. The van der Waals surface area contributed by atoms with Crippen LogP contribution in [0.3, 0.4) is 0 Å². The number of hydrogen-bond donors (Lipinski definition) is 0. The molecular formula is C14H15NO4. The number of rotatable bonds is 3. The molecule has 5 nitrogen and oxygen atoms in total. The van der Waals surface area contributed by atoms with E-state index in [1.807, 2.05) is 6.07 Å². The van der Waals surface area contributed by atoms with Crippen LogP contribution >= 0.6 is 0 Å². The zero-order valence-electron chi connectivity index (χ0n) is 11.1. The van der Waals surface area contributed by atoms with Crippen LogP contribution in [0.4, 0.5) is 0 Å². The van der Waals surface area contributed by atoms with Crippen molar-refractivity contribution in [3.05, 3.63) is 35.5 Å². The number of aromatic nitrogens is 1. The number of aryl methyl sites for hydroxylation is 1. The van der Waals surface area contributed by atoms with Gasteiger partial charge in [0.2, 0.25) is 0 Å². The van der Waals surface area contributed by atoms with Gasteiger partial charge in [0.15, 0.2) is 0 Å². The molecule has 0 N–H and O–H groups in total. The van der Waals surface area contributed by atoms with Gasteiger partial charge in [0.05, 0.1) is 24.8 Å². The Hall–Kier alpha value is -2.30. The Morgan fingerprint density at radius 1 is 1.26 bits per heavy atom. The molecule has 0 bridgehead atoms. The van der Waals surface area contributed by atoms with E-state index >= 15 is 0 Å². The maximum absolute atomic E-state index is 11.8. The highest BCUT2D eigenvalue weighted by Crippen LogP contribution is 2.23. The van der Waals surface area contributed by atoms with E-state index in [-0.39, 0.29) is 0 Å². The summed E-state index contributed by atoms with van der Waals surface area (Å²) in [5.41, 5.74) is 1.50. The Bertz CT molecular complexity index is 642. The van der Waals surface area contributed by atoms with Gasteiger partial charge in [0, 0.05) is 12.4 Å². The molecule has 0 atom stereocenters. The summed E-state index contributed by atoms with van der Waals surface area (Å²) in [6.45, 7) is 2.06. The lowest BCUT2D eigenvalue weighted by atomic mass is 10.1. The molecule has 5 heteroatoms. The topological polar surface area (TPSA) is 57.5 Å². The first-order valence-corrected chi connectivity index (χ1v) is 5.94. The van der Waals surface area contributed by atoms with E-state index in [9.17, 15) is 9.59 Å². The van der Waals surface area contributed by atoms with Crippen LogP contribution in [0.15, 0.2) is 24.3 Å². The average Bonchev–Trinajstić information content (AvgIpc) is 2.76. The van der Waals surface area contributed by atoms with E-state index in [0.29, 0.717) is 23.4 Å². The van der Waals surface area contributed by atoms with E-state index < -0.39 is 11.9 Å². The van der Waals surface area contributed by atoms with Crippen LogP contribution in [0.25, 0.3) is 10.9 Å². The number of methoxy groups -OCH3 is 1. The summed E-state index contributed by atoms with van der Waals surface area (Å²) >= 11 is 0. The highest BCUT2D eigenvalue weighted by molar-refractivity contribution is 6.06. The van der Waals surface area contributed by atoms with E-state index in [4.69, 9.17) is 9.47 Å². The SMILES string of the molecule is CCOC(=O)c1cc2cccc(C(=O)OC)c2n1C. The van der Waals surface area contributed by atoms with Gasteiger partial charge in [-0.15, -0.1) is 0 Å². The highest BCUT2D eigenvalue weighted by atomic mass is 16.5. The lowest BCUT2D eigenvalue weighted by molar-refractivity contribution is 0.0514. The van der Waals surface area contributed by atoms with Crippen LogP contribution in [-0.4, -0.2) is 30.2 Å². The van der Waals surface area contributed by atoms with Crippen LogP contribution in [0.2, 0.25) is 0 Å².